The molecule has 34 heavy (non-hydrogen) atoms. The highest BCUT2D eigenvalue weighted by Gasteiger charge is 2.31. The molecular formula is C25H32FN5O3. The Labute approximate surface area is 199 Å². The summed E-state index contributed by atoms with van der Waals surface area (Å²) in [4.78, 5) is 30.8. The van der Waals surface area contributed by atoms with E-state index in [2.05, 4.69) is 32.6 Å². The Hall–Kier alpha value is -3.33. The first-order valence-electron chi connectivity index (χ1n) is 11.7. The number of piperazine rings is 1. The molecule has 2 heterocycles. The molecule has 2 aromatic rings. The average Bonchev–Trinajstić information content (AvgIpc) is 3.22. The lowest BCUT2D eigenvalue weighted by Crippen LogP contribution is -2.47. The molecule has 9 heteroatoms. The van der Waals surface area contributed by atoms with E-state index in [1.807, 2.05) is 12.1 Å². The van der Waals surface area contributed by atoms with E-state index in [1.54, 1.807) is 19.2 Å². The second-order valence-electron chi connectivity index (χ2n) is 8.67. The lowest BCUT2D eigenvalue weighted by atomic mass is 10.2. The third-order valence-corrected chi connectivity index (χ3v) is 6.33. The molecule has 2 saturated heterocycles. The first-order valence-corrected chi connectivity index (χ1v) is 11.7. The van der Waals surface area contributed by atoms with Gasteiger partial charge in [0.1, 0.15) is 11.6 Å². The Kier molecular flexibility index (Phi) is 7.84. The van der Waals surface area contributed by atoms with Crippen LogP contribution >= 0.6 is 0 Å². The van der Waals surface area contributed by atoms with Gasteiger partial charge >= 0.3 is 6.03 Å². The third kappa shape index (κ3) is 6.17. The van der Waals surface area contributed by atoms with Crippen molar-refractivity contribution >= 4 is 23.3 Å². The summed E-state index contributed by atoms with van der Waals surface area (Å²) in [5, 5.41) is 5.74. The van der Waals surface area contributed by atoms with Crippen LogP contribution in [0.3, 0.4) is 0 Å². The van der Waals surface area contributed by atoms with Crippen molar-refractivity contribution in [2.75, 3.05) is 62.7 Å². The van der Waals surface area contributed by atoms with Crippen LogP contribution in [0.15, 0.2) is 48.5 Å². The van der Waals surface area contributed by atoms with E-state index >= 15 is 0 Å². The zero-order valence-corrected chi connectivity index (χ0v) is 19.5. The van der Waals surface area contributed by atoms with E-state index in [4.69, 9.17) is 4.74 Å². The van der Waals surface area contributed by atoms with Crippen LogP contribution < -0.4 is 25.2 Å². The van der Waals surface area contributed by atoms with Crippen LogP contribution in [-0.2, 0) is 4.79 Å². The Morgan fingerprint density at radius 1 is 1.09 bits per heavy atom. The number of carbonyl (C=O) groups excluding carboxylic acids is 2. The van der Waals surface area contributed by atoms with Crippen LogP contribution in [0, 0.1) is 5.82 Å². The monoisotopic (exact) mass is 469 g/mol. The number of carbonyl (C=O) groups is 2. The molecule has 4 rings (SSSR count). The Bertz CT molecular complexity index is 979. The summed E-state index contributed by atoms with van der Waals surface area (Å²) in [6, 6.07) is 13.5. The summed E-state index contributed by atoms with van der Waals surface area (Å²) in [5.74, 6) is 0.355. The van der Waals surface area contributed by atoms with Gasteiger partial charge in [-0.2, -0.15) is 0 Å². The van der Waals surface area contributed by atoms with Gasteiger partial charge in [-0.1, -0.05) is 6.07 Å². The highest BCUT2D eigenvalue weighted by Crippen LogP contribution is 2.22. The van der Waals surface area contributed by atoms with Crippen LogP contribution in [0.2, 0.25) is 0 Å². The van der Waals surface area contributed by atoms with Gasteiger partial charge in [-0.25, -0.2) is 9.18 Å². The number of rotatable bonds is 8. The van der Waals surface area contributed by atoms with E-state index in [0.29, 0.717) is 18.8 Å². The standard InChI is InChI=1S/C25H32FN5O3/c1-34-23-8-6-21(7-9-23)30-14-12-29(13-15-30)11-3-10-27-25(33)28-20-17-24(32)31(18-20)22-5-2-4-19(26)16-22/h2,4-9,16,20H,3,10-15,17-18H2,1H3,(H2,27,28,33). The minimum atomic E-state index is -0.387. The van der Waals surface area contributed by atoms with Gasteiger partial charge in [-0.05, 0) is 55.4 Å². The minimum absolute atomic E-state index is 0.121. The lowest BCUT2D eigenvalue weighted by molar-refractivity contribution is -0.117. The molecule has 182 valence electrons. The van der Waals surface area contributed by atoms with Gasteiger partial charge in [0.25, 0.3) is 0 Å². The number of nitrogens with zero attached hydrogens (tertiary/aromatic N) is 3. The molecule has 0 radical (unpaired) electrons. The normalized spacial score (nSPS) is 18.8. The summed E-state index contributed by atoms with van der Waals surface area (Å²) in [7, 11) is 1.67. The maximum Gasteiger partial charge on any atom is 0.315 e. The topological polar surface area (TPSA) is 77.1 Å². The van der Waals surface area contributed by atoms with Crippen molar-refractivity contribution in [3.8, 4) is 5.75 Å². The molecule has 3 amide bonds. The van der Waals surface area contributed by atoms with Gasteiger partial charge in [0.05, 0.1) is 13.2 Å². The fourth-order valence-electron chi connectivity index (χ4n) is 4.46. The Morgan fingerprint density at radius 3 is 2.56 bits per heavy atom. The fourth-order valence-corrected chi connectivity index (χ4v) is 4.46. The summed E-state index contributed by atoms with van der Waals surface area (Å²) in [6.45, 7) is 5.74. The number of halogens is 1. The number of nitrogens with one attached hydrogen (secondary N) is 2. The van der Waals surface area contributed by atoms with Crippen LogP contribution in [0.4, 0.5) is 20.6 Å². The van der Waals surface area contributed by atoms with E-state index in [-0.39, 0.29) is 30.2 Å². The molecular weight excluding hydrogens is 437 g/mol. The second kappa shape index (κ2) is 11.2. The van der Waals surface area contributed by atoms with Gasteiger partial charge in [0.15, 0.2) is 0 Å². The number of anilines is 2. The van der Waals surface area contributed by atoms with Gasteiger partial charge in [-0.15, -0.1) is 0 Å². The highest BCUT2D eigenvalue weighted by molar-refractivity contribution is 5.96. The van der Waals surface area contributed by atoms with Crippen molar-refractivity contribution < 1.29 is 18.7 Å². The summed E-state index contributed by atoms with van der Waals surface area (Å²) >= 11 is 0. The predicted octanol–water partition coefficient (Wildman–Crippen LogP) is 2.45. The van der Waals surface area contributed by atoms with Gasteiger partial charge in [0.2, 0.25) is 5.91 Å². The van der Waals surface area contributed by atoms with E-state index in [1.165, 1.54) is 22.7 Å². The molecule has 1 unspecified atom stereocenters. The van der Waals surface area contributed by atoms with Crippen molar-refractivity contribution in [1.29, 1.82) is 0 Å². The predicted molar refractivity (Wildman–Crippen MR) is 130 cm³/mol. The zero-order valence-electron chi connectivity index (χ0n) is 19.5. The van der Waals surface area contributed by atoms with Crippen molar-refractivity contribution in [3.05, 3.63) is 54.3 Å². The molecule has 2 N–H and O–H groups in total. The average molecular weight is 470 g/mol. The first kappa shape index (κ1) is 23.8. The van der Waals surface area contributed by atoms with Crippen LogP contribution in [0.5, 0.6) is 5.75 Å². The van der Waals surface area contributed by atoms with Crippen molar-refractivity contribution in [3.63, 3.8) is 0 Å². The van der Waals surface area contributed by atoms with Crippen LogP contribution in [0.1, 0.15) is 12.8 Å². The number of benzene rings is 2. The van der Waals surface area contributed by atoms with E-state index in [9.17, 15) is 14.0 Å². The second-order valence-corrected chi connectivity index (χ2v) is 8.67. The number of ether oxygens (including phenoxy) is 1. The van der Waals surface area contributed by atoms with E-state index in [0.717, 1.165) is 44.9 Å². The smallest absolute Gasteiger partial charge is 0.315 e. The Morgan fingerprint density at radius 2 is 1.85 bits per heavy atom. The summed E-state index contributed by atoms with van der Waals surface area (Å²) in [6.07, 6.45) is 1.07. The third-order valence-electron chi connectivity index (χ3n) is 6.33. The van der Waals surface area contributed by atoms with Crippen LogP contribution in [0.25, 0.3) is 0 Å². The quantitative estimate of drug-likeness (QED) is 0.581. The van der Waals surface area contributed by atoms with Crippen molar-refractivity contribution in [2.45, 2.75) is 18.9 Å². The van der Waals surface area contributed by atoms with E-state index < -0.39 is 0 Å². The number of urea groups is 1. The minimum Gasteiger partial charge on any atom is -0.497 e. The molecule has 1 atom stereocenters. The largest absolute Gasteiger partial charge is 0.497 e. The molecule has 2 aliphatic heterocycles. The van der Waals surface area contributed by atoms with Crippen molar-refractivity contribution in [1.82, 2.24) is 15.5 Å². The zero-order chi connectivity index (χ0) is 23.9. The number of hydrogen-bond donors (Lipinski definition) is 2. The van der Waals surface area contributed by atoms with Crippen LogP contribution in [-0.4, -0.2) is 75.8 Å². The lowest BCUT2D eigenvalue weighted by Gasteiger charge is -2.36. The molecule has 2 aliphatic rings. The van der Waals surface area contributed by atoms with Gasteiger partial charge in [-0.3, -0.25) is 9.69 Å². The number of hydrogen-bond acceptors (Lipinski definition) is 5. The summed E-state index contributed by atoms with van der Waals surface area (Å²) < 4.78 is 18.7. The van der Waals surface area contributed by atoms with Gasteiger partial charge < -0.3 is 25.2 Å². The highest BCUT2D eigenvalue weighted by atomic mass is 19.1. The maximum absolute atomic E-state index is 13.5. The molecule has 0 spiro atoms. The SMILES string of the molecule is COc1ccc(N2CCN(CCCNC(=O)NC3CC(=O)N(c4cccc(F)c4)C3)CC2)cc1. The molecule has 0 aromatic heterocycles. The number of amides is 3. The van der Waals surface area contributed by atoms with Gasteiger partial charge in [0, 0.05) is 57.1 Å². The van der Waals surface area contributed by atoms with Crippen molar-refractivity contribution in [2.24, 2.45) is 0 Å². The molecule has 8 nitrogen and oxygen atoms in total. The fraction of sp³-hybridized carbons (Fsp3) is 0.440. The maximum atomic E-state index is 13.5. The summed E-state index contributed by atoms with van der Waals surface area (Å²) in [5.41, 5.74) is 1.72. The first-order chi connectivity index (χ1) is 16.5. The molecule has 0 aliphatic carbocycles. The number of methoxy groups -OCH3 is 1. The Balaban J connectivity index is 1.11. The molecule has 0 bridgehead atoms. The molecule has 2 fully saturated rings. The molecule has 2 aromatic carbocycles. The molecule has 0 saturated carbocycles.